The van der Waals surface area contributed by atoms with Crippen LogP contribution in [0, 0.1) is 19.8 Å². The molecule has 144 valence electrons. The number of hydrogen-bond acceptors (Lipinski definition) is 3. The van der Waals surface area contributed by atoms with Gasteiger partial charge in [0.25, 0.3) is 0 Å². The first-order valence-corrected chi connectivity index (χ1v) is 10.8. The zero-order valence-corrected chi connectivity index (χ0v) is 17.1. The molecule has 1 aromatic carbocycles. The molecule has 1 aromatic rings. The fourth-order valence-electron chi connectivity index (χ4n) is 3.39. The van der Waals surface area contributed by atoms with Gasteiger partial charge < -0.3 is 10.6 Å². The van der Waals surface area contributed by atoms with Gasteiger partial charge in [-0.05, 0) is 68.7 Å². The molecule has 0 aliphatic heterocycles. The third-order valence-electron chi connectivity index (χ3n) is 5.05. The van der Waals surface area contributed by atoms with Crippen molar-refractivity contribution in [2.24, 2.45) is 5.92 Å². The number of para-hydroxylation sites is 1. The van der Waals surface area contributed by atoms with Crippen molar-refractivity contribution in [2.75, 3.05) is 16.8 Å². The van der Waals surface area contributed by atoms with Crippen LogP contribution in [0.15, 0.2) is 18.2 Å². The third kappa shape index (κ3) is 7.02. The third-order valence-corrected chi connectivity index (χ3v) is 6.10. The Morgan fingerprint density at radius 2 is 1.73 bits per heavy atom. The van der Waals surface area contributed by atoms with Crippen LogP contribution >= 0.6 is 11.8 Å². The number of carbonyl (C=O) groups excluding carboxylic acids is 2. The minimum atomic E-state index is 0.0452. The maximum Gasteiger partial charge on any atom is 0.230 e. The second-order valence-electron chi connectivity index (χ2n) is 7.50. The molecule has 0 radical (unpaired) electrons. The Labute approximate surface area is 161 Å². The lowest BCUT2D eigenvalue weighted by atomic mass is 9.87. The standard InChI is InChI=1S/C21H32N2O2S/c1-15-9-11-18(12-10-15)22-20(25)14-26-13-5-8-19(24)23-21-16(2)6-4-7-17(21)3/h4,6-7,15,18H,5,8-14H2,1-3H3,(H,22,25)(H,23,24). The summed E-state index contributed by atoms with van der Waals surface area (Å²) < 4.78 is 0. The van der Waals surface area contributed by atoms with Crippen LogP contribution in [0.4, 0.5) is 5.69 Å². The van der Waals surface area contributed by atoms with E-state index in [0.29, 0.717) is 18.2 Å². The summed E-state index contributed by atoms with van der Waals surface area (Å²) in [4.78, 5) is 24.1. The molecule has 1 saturated carbocycles. The highest BCUT2D eigenvalue weighted by molar-refractivity contribution is 7.99. The Hall–Kier alpha value is -1.49. The van der Waals surface area contributed by atoms with E-state index in [0.717, 1.165) is 47.7 Å². The maximum absolute atomic E-state index is 12.1. The van der Waals surface area contributed by atoms with Gasteiger partial charge in [-0.3, -0.25) is 9.59 Å². The van der Waals surface area contributed by atoms with Gasteiger partial charge in [0.15, 0.2) is 0 Å². The minimum absolute atomic E-state index is 0.0452. The zero-order chi connectivity index (χ0) is 18.9. The number of anilines is 1. The van der Waals surface area contributed by atoms with Gasteiger partial charge in [0.05, 0.1) is 5.75 Å². The Morgan fingerprint density at radius 1 is 1.08 bits per heavy atom. The highest BCUT2D eigenvalue weighted by Crippen LogP contribution is 2.23. The number of hydrogen-bond donors (Lipinski definition) is 2. The van der Waals surface area contributed by atoms with E-state index in [9.17, 15) is 9.59 Å². The van der Waals surface area contributed by atoms with Crippen molar-refractivity contribution in [1.82, 2.24) is 5.32 Å². The number of thioether (sulfide) groups is 1. The van der Waals surface area contributed by atoms with E-state index < -0.39 is 0 Å². The van der Waals surface area contributed by atoms with Crippen molar-refractivity contribution in [2.45, 2.75) is 65.3 Å². The Bertz CT molecular complexity index is 590. The van der Waals surface area contributed by atoms with E-state index in [1.165, 1.54) is 12.8 Å². The first-order chi connectivity index (χ1) is 12.5. The summed E-state index contributed by atoms with van der Waals surface area (Å²) in [5.41, 5.74) is 3.09. The Morgan fingerprint density at radius 3 is 2.38 bits per heavy atom. The molecule has 2 N–H and O–H groups in total. The number of nitrogens with one attached hydrogen (secondary N) is 2. The predicted molar refractivity (Wildman–Crippen MR) is 111 cm³/mol. The zero-order valence-electron chi connectivity index (χ0n) is 16.3. The molecule has 5 heteroatoms. The largest absolute Gasteiger partial charge is 0.353 e. The summed E-state index contributed by atoms with van der Waals surface area (Å²) in [6.45, 7) is 6.29. The molecule has 0 bridgehead atoms. The number of amides is 2. The van der Waals surface area contributed by atoms with E-state index >= 15 is 0 Å². The quantitative estimate of drug-likeness (QED) is 0.659. The first-order valence-electron chi connectivity index (χ1n) is 9.69. The van der Waals surface area contributed by atoms with Crippen LogP contribution in [-0.4, -0.2) is 29.4 Å². The first kappa shape index (κ1) is 20.8. The summed E-state index contributed by atoms with van der Waals surface area (Å²) in [6, 6.07) is 6.37. The lowest BCUT2D eigenvalue weighted by Crippen LogP contribution is -2.38. The van der Waals surface area contributed by atoms with Crippen LogP contribution in [-0.2, 0) is 9.59 Å². The average molecular weight is 377 g/mol. The lowest BCUT2D eigenvalue weighted by Gasteiger charge is -2.26. The molecule has 0 heterocycles. The fraction of sp³-hybridized carbons (Fsp3) is 0.619. The Kier molecular flexibility index (Phi) is 8.49. The SMILES string of the molecule is Cc1cccc(C)c1NC(=O)CCCSCC(=O)NC1CCC(C)CC1. The molecular formula is C21H32N2O2S. The van der Waals surface area contributed by atoms with Gasteiger partial charge in [-0.1, -0.05) is 25.1 Å². The normalized spacial score (nSPS) is 19.8. The van der Waals surface area contributed by atoms with Gasteiger partial charge in [0.1, 0.15) is 0 Å². The smallest absolute Gasteiger partial charge is 0.230 e. The molecule has 1 fully saturated rings. The van der Waals surface area contributed by atoms with Crippen LogP contribution in [0.25, 0.3) is 0 Å². The molecule has 1 aliphatic carbocycles. The number of aryl methyl sites for hydroxylation is 2. The molecule has 4 nitrogen and oxygen atoms in total. The van der Waals surface area contributed by atoms with E-state index in [2.05, 4.69) is 17.6 Å². The highest BCUT2D eigenvalue weighted by Gasteiger charge is 2.19. The van der Waals surface area contributed by atoms with Gasteiger partial charge in [-0.2, -0.15) is 11.8 Å². The van der Waals surface area contributed by atoms with Crippen molar-refractivity contribution in [3.8, 4) is 0 Å². The summed E-state index contributed by atoms with van der Waals surface area (Å²) in [6.07, 6.45) is 5.92. The van der Waals surface area contributed by atoms with Gasteiger partial charge in [0, 0.05) is 18.2 Å². The van der Waals surface area contributed by atoms with Gasteiger partial charge in [0.2, 0.25) is 11.8 Å². The molecule has 0 aromatic heterocycles. The van der Waals surface area contributed by atoms with E-state index in [1.54, 1.807) is 11.8 Å². The number of rotatable bonds is 8. The van der Waals surface area contributed by atoms with Gasteiger partial charge in [-0.15, -0.1) is 0 Å². The predicted octanol–water partition coefficient (Wildman–Crippen LogP) is 4.45. The summed E-state index contributed by atoms with van der Waals surface area (Å²) in [5, 5.41) is 6.15. The van der Waals surface area contributed by atoms with E-state index in [1.807, 2.05) is 32.0 Å². The van der Waals surface area contributed by atoms with Crippen LogP contribution < -0.4 is 10.6 Å². The second-order valence-corrected chi connectivity index (χ2v) is 8.60. The maximum atomic E-state index is 12.1. The number of carbonyl (C=O) groups is 2. The summed E-state index contributed by atoms with van der Waals surface area (Å²) >= 11 is 1.61. The molecule has 0 saturated heterocycles. The molecule has 1 aliphatic rings. The average Bonchev–Trinajstić information content (AvgIpc) is 2.60. The van der Waals surface area contributed by atoms with E-state index in [-0.39, 0.29) is 11.8 Å². The van der Waals surface area contributed by atoms with Crippen LogP contribution in [0.1, 0.15) is 56.6 Å². The molecule has 2 rings (SSSR count). The molecule has 2 amide bonds. The molecule has 0 spiro atoms. The minimum Gasteiger partial charge on any atom is -0.353 e. The topological polar surface area (TPSA) is 58.2 Å². The van der Waals surface area contributed by atoms with Gasteiger partial charge in [-0.25, -0.2) is 0 Å². The highest BCUT2D eigenvalue weighted by atomic mass is 32.2. The van der Waals surface area contributed by atoms with Crippen molar-refractivity contribution in [1.29, 1.82) is 0 Å². The molecule has 0 atom stereocenters. The van der Waals surface area contributed by atoms with E-state index in [4.69, 9.17) is 0 Å². The molecular weight excluding hydrogens is 344 g/mol. The fourth-order valence-corrected chi connectivity index (χ4v) is 4.15. The van der Waals surface area contributed by atoms with Crippen LogP contribution in [0.5, 0.6) is 0 Å². The number of benzene rings is 1. The van der Waals surface area contributed by atoms with Crippen molar-refractivity contribution < 1.29 is 9.59 Å². The Balaban J connectivity index is 1.57. The monoisotopic (exact) mass is 376 g/mol. The second kappa shape index (κ2) is 10.6. The van der Waals surface area contributed by atoms with Crippen molar-refractivity contribution in [3.05, 3.63) is 29.3 Å². The summed E-state index contributed by atoms with van der Waals surface area (Å²) in [5.74, 6) is 2.30. The van der Waals surface area contributed by atoms with Crippen molar-refractivity contribution >= 4 is 29.3 Å². The summed E-state index contributed by atoms with van der Waals surface area (Å²) in [7, 11) is 0. The van der Waals surface area contributed by atoms with Crippen LogP contribution in [0.3, 0.4) is 0 Å². The molecule has 26 heavy (non-hydrogen) atoms. The van der Waals surface area contributed by atoms with Crippen molar-refractivity contribution in [3.63, 3.8) is 0 Å². The van der Waals surface area contributed by atoms with Gasteiger partial charge >= 0.3 is 0 Å². The lowest BCUT2D eigenvalue weighted by molar-refractivity contribution is -0.119. The molecule has 0 unspecified atom stereocenters. The van der Waals surface area contributed by atoms with Crippen LogP contribution in [0.2, 0.25) is 0 Å².